The van der Waals surface area contributed by atoms with Crippen LogP contribution in [0.4, 0.5) is 0 Å². The van der Waals surface area contributed by atoms with E-state index >= 15 is 0 Å². The molecule has 0 aromatic heterocycles. The second-order valence-corrected chi connectivity index (χ2v) is 5.11. The first-order valence-corrected chi connectivity index (χ1v) is 5.89. The Kier molecular flexibility index (Phi) is 3.59. The zero-order chi connectivity index (χ0) is 8.32. The lowest BCUT2D eigenvalue weighted by Crippen LogP contribution is -2.49. The average molecular weight is 191 g/mol. The molecule has 0 unspecified atom stereocenters. The molecule has 0 amide bonds. The van der Waals surface area contributed by atoms with Crippen LogP contribution in [0.1, 0.15) is 13.8 Å². The molecule has 1 saturated heterocycles. The van der Waals surface area contributed by atoms with Crippen LogP contribution in [0.2, 0.25) is 0 Å². The molecule has 1 rings (SSSR count). The van der Waals surface area contributed by atoms with E-state index in [0.29, 0.717) is 5.54 Å². The molecule has 11 heavy (non-hydrogen) atoms. The second kappa shape index (κ2) is 4.06. The van der Waals surface area contributed by atoms with Crippen LogP contribution < -0.4 is 0 Å². The van der Waals surface area contributed by atoms with Crippen molar-refractivity contribution in [2.24, 2.45) is 0 Å². The molecule has 66 valence electrons. The maximum atomic E-state index is 4.36. The Labute approximate surface area is 79.3 Å². The van der Waals surface area contributed by atoms with Gasteiger partial charge in [0.1, 0.15) is 0 Å². The summed E-state index contributed by atoms with van der Waals surface area (Å²) in [5.41, 5.74) is 0.296. The Morgan fingerprint density at radius 1 is 1.36 bits per heavy atom. The van der Waals surface area contributed by atoms with E-state index in [1.807, 2.05) is 0 Å². The first-order valence-electron chi connectivity index (χ1n) is 4.10. The summed E-state index contributed by atoms with van der Waals surface area (Å²) in [5.74, 6) is 3.53. The van der Waals surface area contributed by atoms with Gasteiger partial charge in [-0.1, -0.05) is 0 Å². The van der Waals surface area contributed by atoms with Crippen LogP contribution in [0.15, 0.2) is 0 Å². The number of thiol groups is 1. The highest BCUT2D eigenvalue weighted by Gasteiger charge is 2.25. The van der Waals surface area contributed by atoms with E-state index in [-0.39, 0.29) is 0 Å². The molecule has 0 aliphatic carbocycles. The lowest BCUT2D eigenvalue weighted by molar-refractivity contribution is 0.158. The van der Waals surface area contributed by atoms with Gasteiger partial charge in [-0.3, -0.25) is 4.90 Å². The first-order chi connectivity index (χ1) is 5.17. The molecule has 1 aliphatic heterocycles. The maximum Gasteiger partial charge on any atom is 0.0241 e. The van der Waals surface area contributed by atoms with Crippen LogP contribution in [-0.4, -0.2) is 40.8 Å². The highest BCUT2D eigenvalue weighted by atomic mass is 32.2. The molecular formula is C8H17NS2. The largest absolute Gasteiger partial charge is 0.296 e. The molecule has 0 radical (unpaired) electrons. The van der Waals surface area contributed by atoms with Crippen molar-refractivity contribution >= 4 is 24.4 Å². The lowest BCUT2D eigenvalue weighted by atomic mass is 10.1. The molecular weight excluding hydrogens is 174 g/mol. The van der Waals surface area contributed by atoms with Crippen molar-refractivity contribution in [2.75, 3.05) is 30.3 Å². The van der Waals surface area contributed by atoms with E-state index in [0.717, 1.165) is 5.75 Å². The minimum atomic E-state index is 0.296. The van der Waals surface area contributed by atoms with E-state index in [9.17, 15) is 0 Å². The minimum absolute atomic E-state index is 0.296. The van der Waals surface area contributed by atoms with E-state index in [4.69, 9.17) is 0 Å². The van der Waals surface area contributed by atoms with Gasteiger partial charge in [0.05, 0.1) is 0 Å². The minimum Gasteiger partial charge on any atom is -0.296 e. The third kappa shape index (κ3) is 2.56. The molecule has 1 nitrogen and oxygen atoms in total. The van der Waals surface area contributed by atoms with Gasteiger partial charge in [-0.2, -0.15) is 24.4 Å². The average Bonchev–Trinajstić information content (AvgIpc) is 2.06. The Hall–Kier alpha value is 0.660. The van der Waals surface area contributed by atoms with Gasteiger partial charge in [0.2, 0.25) is 0 Å². The van der Waals surface area contributed by atoms with E-state index in [1.54, 1.807) is 0 Å². The Morgan fingerprint density at radius 2 is 1.91 bits per heavy atom. The number of rotatable bonds is 2. The van der Waals surface area contributed by atoms with Gasteiger partial charge in [-0.25, -0.2) is 0 Å². The van der Waals surface area contributed by atoms with Crippen molar-refractivity contribution in [3.8, 4) is 0 Å². The topological polar surface area (TPSA) is 3.24 Å². The second-order valence-electron chi connectivity index (χ2n) is 3.57. The van der Waals surface area contributed by atoms with Gasteiger partial charge in [0, 0.05) is 35.9 Å². The Morgan fingerprint density at radius 3 is 2.36 bits per heavy atom. The molecule has 3 heteroatoms. The summed E-state index contributed by atoms with van der Waals surface area (Å²) in [6.45, 7) is 7.02. The summed E-state index contributed by atoms with van der Waals surface area (Å²) in [5, 5.41) is 0. The van der Waals surface area contributed by atoms with Gasteiger partial charge in [-0.15, -0.1) is 0 Å². The Bertz CT molecular complexity index is 119. The van der Waals surface area contributed by atoms with Crippen molar-refractivity contribution in [3.63, 3.8) is 0 Å². The summed E-state index contributed by atoms with van der Waals surface area (Å²) in [6.07, 6.45) is 0. The molecule has 0 aromatic carbocycles. The van der Waals surface area contributed by atoms with Gasteiger partial charge < -0.3 is 0 Å². The maximum absolute atomic E-state index is 4.36. The smallest absolute Gasteiger partial charge is 0.0241 e. The lowest BCUT2D eigenvalue weighted by Gasteiger charge is -2.39. The predicted octanol–water partition coefficient (Wildman–Crippen LogP) is 1.74. The van der Waals surface area contributed by atoms with Crippen LogP contribution >= 0.6 is 24.4 Å². The third-order valence-corrected chi connectivity index (χ3v) is 3.97. The molecule has 0 spiro atoms. The van der Waals surface area contributed by atoms with Crippen LogP contribution in [0.3, 0.4) is 0 Å². The fourth-order valence-corrected chi connectivity index (χ4v) is 2.37. The zero-order valence-electron chi connectivity index (χ0n) is 7.34. The monoisotopic (exact) mass is 191 g/mol. The summed E-state index contributed by atoms with van der Waals surface area (Å²) < 4.78 is 0. The van der Waals surface area contributed by atoms with Crippen molar-refractivity contribution in [1.82, 2.24) is 4.90 Å². The van der Waals surface area contributed by atoms with Crippen LogP contribution in [0.25, 0.3) is 0 Å². The summed E-state index contributed by atoms with van der Waals surface area (Å²) >= 11 is 6.42. The molecule has 0 saturated carbocycles. The fourth-order valence-electron chi connectivity index (χ4n) is 1.27. The van der Waals surface area contributed by atoms with E-state index < -0.39 is 0 Å². The number of nitrogens with zero attached hydrogens (tertiary/aromatic N) is 1. The quantitative estimate of drug-likeness (QED) is 0.662. The number of thioether (sulfide) groups is 1. The summed E-state index contributed by atoms with van der Waals surface area (Å²) in [7, 11) is 0. The van der Waals surface area contributed by atoms with Crippen LogP contribution in [0.5, 0.6) is 0 Å². The molecule has 0 bridgehead atoms. The summed E-state index contributed by atoms with van der Waals surface area (Å²) in [6, 6.07) is 0. The normalized spacial score (nSPS) is 22.1. The highest BCUT2D eigenvalue weighted by molar-refractivity contribution is 7.99. The molecule has 1 heterocycles. The number of hydrogen-bond donors (Lipinski definition) is 1. The highest BCUT2D eigenvalue weighted by Crippen LogP contribution is 2.20. The van der Waals surface area contributed by atoms with Gasteiger partial charge in [0.15, 0.2) is 0 Å². The number of hydrogen-bond acceptors (Lipinski definition) is 3. The van der Waals surface area contributed by atoms with Crippen molar-refractivity contribution in [1.29, 1.82) is 0 Å². The molecule has 1 fully saturated rings. The third-order valence-electron chi connectivity index (χ3n) is 2.25. The zero-order valence-corrected chi connectivity index (χ0v) is 9.05. The van der Waals surface area contributed by atoms with Crippen molar-refractivity contribution < 1.29 is 0 Å². The van der Waals surface area contributed by atoms with Crippen LogP contribution in [0, 0.1) is 0 Å². The van der Waals surface area contributed by atoms with E-state index in [2.05, 4.69) is 43.1 Å². The van der Waals surface area contributed by atoms with Crippen molar-refractivity contribution in [2.45, 2.75) is 19.4 Å². The van der Waals surface area contributed by atoms with Gasteiger partial charge in [0.25, 0.3) is 0 Å². The van der Waals surface area contributed by atoms with Crippen molar-refractivity contribution in [3.05, 3.63) is 0 Å². The SMILES string of the molecule is CC(C)(CS)N1CCSCC1. The molecule has 0 aromatic rings. The molecule has 1 aliphatic rings. The van der Waals surface area contributed by atoms with Crippen LogP contribution in [-0.2, 0) is 0 Å². The van der Waals surface area contributed by atoms with Gasteiger partial charge >= 0.3 is 0 Å². The summed E-state index contributed by atoms with van der Waals surface area (Å²) in [4.78, 5) is 2.54. The standard InChI is InChI=1S/C8H17NS2/c1-8(2,7-10)9-3-5-11-6-4-9/h10H,3-7H2,1-2H3. The molecule has 0 atom stereocenters. The van der Waals surface area contributed by atoms with E-state index in [1.165, 1.54) is 24.6 Å². The first kappa shape index (κ1) is 9.75. The Balaban J connectivity index is 2.43. The predicted molar refractivity (Wildman–Crippen MR) is 56.8 cm³/mol. The van der Waals surface area contributed by atoms with Gasteiger partial charge in [-0.05, 0) is 13.8 Å². The fraction of sp³-hybridized carbons (Fsp3) is 1.00. The molecule has 0 N–H and O–H groups in total.